The van der Waals surface area contributed by atoms with Crippen LogP contribution in [0.5, 0.6) is 0 Å². The highest BCUT2D eigenvalue weighted by Gasteiger charge is 2.39. The van der Waals surface area contributed by atoms with Crippen molar-refractivity contribution in [1.29, 1.82) is 0 Å². The molecule has 0 fully saturated rings. The predicted octanol–water partition coefficient (Wildman–Crippen LogP) is 2.03. The van der Waals surface area contributed by atoms with E-state index in [2.05, 4.69) is 10.4 Å². The second-order valence-electron chi connectivity index (χ2n) is 5.40. The number of alkyl halides is 3. The number of rotatable bonds is 3. The highest BCUT2D eigenvalue weighted by molar-refractivity contribution is 5.57. The van der Waals surface area contributed by atoms with Crippen LogP contribution in [0.1, 0.15) is 22.3 Å². The predicted molar refractivity (Wildman–Crippen MR) is 79.0 cm³/mol. The molecule has 0 unspecified atom stereocenters. The maximum absolute atomic E-state index is 13.2. The van der Waals surface area contributed by atoms with Crippen molar-refractivity contribution in [2.45, 2.75) is 25.8 Å². The first-order valence-corrected chi connectivity index (χ1v) is 7.06. The largest absolute Gasteiger partial charge is 0.423 e. The van der Waals surface area contributed by atoms with Gasteiger partial charge < -0.3 is 10.2 Å². The van der Waals surface area contributed by atoms with E-state index in [4.69, 9.17) is 0 Å². The van der Waals surface area contributed by atoms with Gasteiger partial charge in [-0.1, -0.05) is 18.2 Å². The molecule has 0 amide bonds. The van der Waals surface area contributed by atoms with Crippen molar-refractivity contribution in [2.24, 2.45) is 0 Å². The zero-order chi connectivity index (χ0) is 16.6. The lowest BCUT2D eigenvalue weighted by atomic mass is 10.0. The number of H-pyrrole nitrogens is 1. The maximum atomic E-state index is 13.2. The van der Waals surface area contributed by atoms with E-state index in [0.29, 0.717) is 19.6 Å². The average molecular weight is 324 g/mol. The quantitative estimate of drug-likeness (QED) is 0.907. The van der Waals surface area contributed by atoms with Crippen LogP contribution < -0.4 is 15.8 Å². The summed E-state index contributed by atoms with van der Waals surface area (Å²) in [6, 6.07) is 5.72. The number of benzene rings is 1. The van der Waals surface area contributed by atoms with E-state index in [-0.39, 0.29) is 5.69 Å². The Morgan fingerprint density at radius 1 is 1.35 bits per heavy atom. The molecule has 2 N–H and O–H groups in total. The number of hydrogen-bond donors (Lipinski definition) is 2. The van der Waals surface area contributed by atoms with Crippen molar-refractivity contribution in [3.05, 3.63) is 57.0 Å². The molecule has 1 aromatic carbocycles. The highest BCUT2D eigenvalue weighted by atomic mass is 19.4. The van der Waals surface area contributed by atoms with Gasteiger partial charge in [0.05, 0.1) is 11.9 Å². The molecule has 0 aliphatic carbocycles. The number of aromatic nitrogens is 2. The second kappa shape index (κ2) is 5.69. The number of hydrogen-bond acceptors (Lipinski definition) is 4. The summed E-state index contributed by atoms with van der Waals surface area (Å²) in [4.78, 5) is 13.1. The van der Waals surface area contributed by atoms with Gasteiger partial charge in [-0.05, 0) is 23.7 Å². The van der Waals surface area contributed by atoms with Crippen LogP contribution in [0.25, 0.3) is 0 Å². The Labute approximate surface area is 130 Å². The molecule has 0 atom stereocenters. The van der Waals surface area contributed by atoms with Crippen LogP contribution in [-0.4, -0.2) is 17.2 Å². The molecule has 8 heteroatoms. The lowest BCUT2D eigenvalue weighted by Crippen LogP contribution is -2.28. The molecule has 0 saturated carbocycles. The molecule has 1 aliphatic rings. The summed E-state index contributed by atoms with van der Waals surface area (Å²) in [5.41, 5.74) is 0.394. The Balaban J connectivity index is 2.02. The standard InChI is InChI=1S/C15H15F3N4O/c1-19-5-9-3-2-4-10-7-22(8-11(9)10)12-6-20-21-14(23)13(12)15(16,17)18/h2-4,6,19H,5,7-8H2,1H3,(H,21,23). The Morgan fingerprint density at radius 3 is 2.83 bits per heavy atom. The highest BCUT2D eigenvalue weighted by Crippen LogP contribution is 2.37. The van der Waals surface area contributed by atoms with Gasteiger partial charge >= 0.3 is 6.18 Å². The fourth-order valence-corrected chi connectivity index (χ4v) is 2.92. The fraction of sp³-hybridized carbons (Fsp3) is 0.333. The molecule has 2 aromatic rings. The summed E-state index contributed by atoms with van der Waals surface area (Å²) >= 11 is 0. The molecular formula is C15H15F3N4O. The van der Waals surface area contributed by atoms with Gasteiger partial charge in [0.2, 0.25) is 0 Å². The van der Waals surface area contributed by atoms with E-state index >= 15 is 0 Å². The first-order chi connectivity index (χ1) is 10.9. The lowest BCUT2D eigenvalue weighted by molar-refractivity contribution is -0.138. The zero-order valence-electron chi connectivity index (χ0n) is 12.4. The van der Waals surface area contributed by atoms with Gasteiger partial charge in [-0.25, -0.2) is 5.10 Å². The summed E-state index contributed by atoms with van der Waals surface area (Å²) < 4.78 is 39.6. The second-order valence-corrected chi connectivity index (χ2v) is 5.40. The van der Waals surface area contributed by atoms with Crippen molar-refractivity contribution in [3.63, 3.8) is 0 Å². The van der Waals surface area contributed by atoms with Crippen LogP contribution in [0.4, 0.5) is 18.9 Å². The van der Waals surface area contributed by atoms with Crippen molar-refractivity contribution in [3.8, 4) is 0 Å². The van der Waals surface area contributed by atoms with Gasteiger partial charge in [0, 0.05) is 19.6 Å². The smallest absolute Gasteiger partial charge is 0.361 e. The fourth-order valence-electron chi connectivity index (χ4n) is 2.92. The summed E-state index contributed by atoms with van der Waals surface area (Å²) in [5.74, 6) is 0. The molecular weight excluding hydrogens is 309 g/mol. The summed E-state index contributed by atoms with van der Waals surface area (Å²) in [6.07, 6.45) is -3.66. The number of anilines is 1. The molecule has 122 valence electrons. The molecule has 1 aliphatic heterocycles. The Bertz CT molecular complexity index is 785. The normalized spacial score (nSPS) is 14.2. The van der Waals surface area contributed by atoms with Crippen LogP contribution in [-0.2, 0) is 25.8 Å². The molecule has 0 bridgehead atoms. The van der Waals surface area contributed by atoms with Gasteiger partial charge in [0.25, 0.3) is 5.56 Å². The minimum Gasteiger partial charge on any atom is -0.361 e. The molecule has 0 saturated heterocycles. The SMILES string of the molecule is CNCc1cccc2c1CN(c1cn[nH]c(=O)c1C(F)(F)F)C2. The third-order valence-corrected chi connectivity index (χ3v) is 3.91. The maximum Gasteiger partial charge on any atom is 0.423 e. The van der Waals surface area contributed by atoms with E-state index in [1.807, 2.05) is 30.3 Å². The number of halogens is 3. The molecule has 0 radical (unpaired) electrons. The van der Waals surface area contributed by atoms with E-state index in [1.54, 1.807) is 0 Å². The van der Waals surface area contributed by atoms with E-state index in [9.17, 15) is 18.0 Å². The third-order valence-electron chi connectivity index (χ3n) is 3.91. The van der Waals surface area contributed by atoms with Gasteiger partial charge in [0.15, 0.2) is 0 Å². The van der Waals surface area contributed by atoms with Gasteiger partial charge in [-0.3, -0.25) is 4.79 Å². The Hall–Kier alpha value is -2.35. The zero-order valence-corrected chi connectivity index (χ0v) is 12.4. The molecule has 23 heavy (non-hydrogen) atoms. The van der Waals surface area contributed by atoms with E-state index in [1.165, 1.54) is 4.90 Å². The van der Waals surface area contributed by atoms with Gasteiger partial charge in [-0.15, -0.1) is 0 Å². The molecule has 2 heterocycles. The topological polar surface area (TPSA) is 61.0 Å². The van der Waals surface area contributed by atoms with Gasteiger partial charge in [-0.2, -0.15) is 18.3 Å². The van der Waals surface area contributed by atoms with Crippen LogP contribution in [0.15, 0.2) is 29.2 Å². The van der Waals surface area contributed by atoms with E-state index in [0.717, 1.165) is 22.9 Å². The number of aromatic amines is 1. The van der Waals surface area contributed by atoms with Crippen LogP contribution in [0, 0.1) is 0 Å². The summed E-state index contributed by atoms with van der Waals surface area (Å²) in [6.45, 7) is 1.28. The minimum atomic E-state index is -4.73. The molecule has 5 nitrogen and oxygen atoms in total. The lowest BCUT2D eigenvalue weighted by Gasteiger charge is -2.21. The monoisotopic (exact) mass is 324 g/mol. The van der Waals surface area contributed by atoms with Crippen LogP contribution in [0.3, 0.4) is 0 Å². The third kappa shape index (κ3) is 2.81. The molecule has 3 rings (SSSR count). The molecule has 1 aromatic heterocycles. The number of fused-ring (bicyclic) bond motifs is 1. The summed E-state index contributed by atoms with van der Waals surface area (Å²) in [5, 5.41) is 8.44. The van der Waals surface area contributed by atoms with Crippen LogP contribution in [0.2, 0.25) is 0 Å². The number of nitrogens with one attached hydrogen (secondary N) is 2. The average Bonchev–Trinajstić information content (AvgIpc) is 2.91. The molecule has 0 spiro atoms. The van der Waals surface area contributed by atoms with E-state index < -0.39 is 17.3 Å². The first-order valence-electron chi connectivity index (χ1n) is 7.06. The Kier molecular flexibility index (Phi) is 3.85. The van der Waals surface area contributed by atoms with Crippen molar-refractivity contribution >= 4 is 5.69 Å². The summed E-state index contributed by atoms with van der Waals surface area (Å²) in [7, 11) is 1.81. The van der Waals surface area contributed by atoms with Crippen molar-refractivity contribution < 1.29 is 13.2 Å². The Morgan fingerprint density at radius 2 is 2.13 bits per heavy atom. The van der Waals surface area contributed by atoms with Crippen molar-refractivity contribution in [2.75, 3.05) is 11.9 Å². The van der Waals surface area contributed by atoms with Gasteiger partial charge in [0.1, 0.15) is 5.56 Å². The number of nitrogens with zero attached hydrogens (tertiary/aromatic N) is 2. The van der Waals surface area contributed by atoms with Crippen molar-refractivity contribution in [1.82, 2.24) is 15.5 Å². The minimum absolute atomic E-state index is 0.187. The van der Waals surface area contributed by atoms with Crippen LogP contribution >= 0.6 is 0 Å². The first kappa shape index (κ1) is 15.5.